The largest absolute Gasteiger partial charge is 0.465 e. The molecule has 1 aromatic heterocycles. The molecule has 6 nitrogen and oxygen atoms in total. The molecular weight excluding hydrogens is 336 g/mol. The lowest BCUT2D eigenvalue weighted by molar-refractivity contribution is 0.0602. The van der Waals surface area contributed by atoms with Crippen LogP contribution in [0, 0.1) is 12.8 Å². The number of methoxy groups -OCH3 is 1. The standard InChI is InChI=1S/C12H18N2O4S2.ClH/c1-8-7-19-10(12(15)18-2)11(8)20(16,17)14-4-3-9(5-13)6-14;/h7,9H,3-6,13H2,1-2H3;1H. The fourth-order valence-electron chi connectivity index (χ4n) is 2.32. The summed E-state index contributed by atoms with van der Waals surface area (Å²) in [7, 11) is -2.42. The minimum atomic E-state index is -3.67. The van der Waals surface area contributed by atoms with Crippen LogP contribution in [0.4, 0.5) is 0 Å². The van der Waals surface area contributed by atoms with Crippen molar-refractivity contribution >= 4 is 39.7 Å². The zero-order chi connectivity index (χ0) is 14.9. The Hall–Kier alpha value is -0.670. The number of thiophene rings is 1. The molecule has 1 atom stereocenters. The maximum absolute atomic E-state index is 12.7. The van der Waals surface area contributed by atoms with E-state index in [0.717, 1.165) is 17.8 Å². The molecule has 0 bridgehead atoms. The minimum Gasteiger partial charge on any atom is -0.465 e. The van der Waals surface area contributed by atoms with Crippen LogP contribution in [0.2, 0.25) is 0 Å². The van der Waals surface area contributed by atoms with Crippen LogP contribution in [0.15, 0.2) is 10.3 Å². The Morgan fingerprint density at radius 1 is 1.57 bits per heavy atom. The summed E-state index contributed by atoms with van der Waals surface area (Å²) in [4.78, 5) is 11.9. The highest BCUT2D eigenvalue weighted by Gasteiger charge is 2.36. The van der Waals surface area contributed by atoms with Crippen molar-refractivity contribution in [2.75, 3.05) is 26.7 Å². The number of ether oxygens (including phenoxy) is 1. The van der Waals surface area contributed by atoms with Gasteiger partial charge in [0.15, 0.2) is 0 Å². The van der Waals surface area contributed by atoms with Crippen molar-refractivity contribution < 1.29 is 17.9 Å². The molecule has 1 saturated heterocycles. The van der Waals surface area contributed by atoms with E-state index in [2.05, 4.69) is 4.74 Å². The summed E-state index contributed by atoms with van der Waals surface area (Å²) < 4.78 is 31.5. The normalized spacial score (nSPS) is 19.3. The van der Waals surface area contributed by atoms with Gasteiger partial charge < -0.3 is 10.5 Å². The highest BCUT2D eigenvalue weighted by atomic mass is 35.5. The van der Waals surface area contributed by atoms with Crippen molar-refractivity contribution in [3.05, 3.63) is 15.8 Å². The highest BCUT2D eigenvalue weighted by Crippen LogP contribution is 2.32. The van der Waals surface area contributed by atoms with Crippen LogP contribution < -0.4 is 5.73 Å². The molecule has 1 fully saturated rings. The average Bonchev–Trinajstić information content (AvgIpc) is 3.04. The Morgan fingerprint density at radius 2 is 2.24 bits per heavy atom. The van der Waals surface area contributed by atoms with Gasteiger partial charge in [-0.15, -0.1) is 23.7 Å². The number of aryl methyl sites for hydroxylation is 1. The molecule has 1 unspecified atom stereocenters. The number of carbonyl (C=O) groups is 1. The zero-order valence-electron chi connectivity index (χ0n) is 11.9. The third-order valence-corrected chi connectivity index (χ3v) is 6.73. The van der Waals surface area contributed by atoms with Crippen LogP contribution in [0.5, 0.6) is 0 Å². The number of hydrogen-bond donors (Lipinski definition) is 1. The van der Waals surface area contributed by atoms with Crippen LogP contribution in [-0.4, -0.2) is 45.4 Å². The molecule has 0 spiro atoms. The van der Waals surface area contributed by atoms with E-state index in [0.29, 0.717) is 25.2 Å². The van der Waals surface area contributed by atoms with Crippen LogP contribution >= 0.6 is 23.7 Å². The second-order valence-electron chi connectivity index (χ2n) is 4.82. The average molecular weight is 355 g/mol. The van der Waals surface area contributed by atoms with Crippen molar-refractivity contribution in [2.24, 2.45) is 11.7 Å². The Bertz CT molecular complexity index is 615. The lowest BCUT2D eigenvalue weighted by Gasteiger charge is -2.17. The molecule has 0 radical (unpaired) electrons. The first-order valence-electron chi connectivity index (χ1n) is 6.28. The van der Waals surface area contributed by atoms with E-state index in [9.17, 15) is 13.2 Å². The number of carbonyl (C=O) groups excluding carboxylic acids is 1. The molecule has 0 aromatic carbocycles. The van der Waals surface area contributed by atoms with Gasteiger partial charge >= 0.3 is 5.97 Å². The molecule has 2 N–H and O–H groups in total. The summed E-state index contributed by atoms with van der Waals surface area (Å²) in [6, 6.07) is 0. The van der Waals surface area contributed by atoms with Crippen molar-refractivity contribution in [3.8, 4) is 0 Å². The Kier molecular flexibility index (Phi) is 6.18. The SMILES string of the molecule is COC(=O)c1scc(C)c1S(=O)(=O)N1CCC(CN)C1.Cl. The summed E-state index contributed by atoms with van der Waals surface area (Å²) in [6.45, 7) is 3.01. The lowest BCUT2D eigenvalue weighted by atomic mass is 10.1. The van der Waals surface area contributed by atoms with Gasteiger partial charge in [0.05, 0.1) is 7.11 Å². The van der Waals surface area contributed by atoms with E-state index in [-0.39, 0.29) is 28.1 Å². The Labute approximate surface area is 134 Å². The number of hydrogen-bond acceptors (Lipinski definition) is 6. The molecular formula is C12H19ClN2O4S2. The van der Waals surface area contributed by atoms with Gasteiger partial charge in [0.25, 0.3) is 0 Å². The molecule has 0 saturated carbocycles. The Morgan fingerprint density at radius 3 is 2.76 bits per heavy atom. The van der Waals surface area contributed by atoms with Crippen LogP contribution in [-0.2, 0) is 14.8 Å². The fraction of sp³-hybridized carbons (Fsp3) is 0.583. The first-order valence-corrected chi connectivity index (χ1v) is 8.60. The van der Waals surface area contributed by atoms with Crippen molar-refractivity contribution in [2.45, 2.75) is 18.2 Å². The molecule has 120 valence electrons. The van der Waals surface area contributed by atoms with Gasteiger partial charge in [-0.1, -0.05) is 0 Å². The van der Waals surface area contributed by atoms with E-state index in [1.54, 1.807) is 12.3 Å². The maximum atomic E-state index is 12.7. The van der Waals surface area contributed by atoms with Crippen molar-refractivity contribution in [1.29, 1.82) is 0 Å². The minimum absolute atomic E-state index is 0. The molecule has 0 aliphatic carbocycles. The maximum Gasteiger partial charge on any atom is 0.349 e. The van der Waals surface area contributed by atoms with Gasteiger partial charge in [-0.3, -0.25) is 0 Å². The number of nitrogens with two attached hydrogens (primary N) is 1. The third kappa shape index (κ3) is 3.40. The van der Waals surface area contributed by atoms with Crippen LogP contribution in [0.25, 0.3) is 0 Å². The first-order chi connectivity index (χ1) is 9.41. The first kappa shape index (κ1) is 18.4. The van der Waals surface area contributed by atoms with Gasteiger partial charge in [0.2, 0.25) is 10.0 Å². The summed E-state index contributed by atoms with van der Waals surface area (Å²) in [5.41, 5.74) is 6.17. The highest BCUT2D eigenvalue weighted by molar-refractivity contribution is 7.89. The van der Waals surface area contributed by atoms with Gasteiger partial charge in [-0.25, -0.2) is 13.2 Å². The molecule has 0 amide bonds. The number of sulfonamides is 1. The number of nitrogens with zero attached hydrogens (tertiary/aromatic N) is 1. The third-order valence-electron chi connectivity index (χ3n) is 3.47. The van der Waals surface area contributed by atoms with Crippen LogP contribution in [0.1, 0.15) is 21.7 Å². The second-order valence-corrected chi connectivity index (χ2v) is 7.58. The molecule has 1 aliphatic heterocycles. The van der Waals surface area contributed by atoms with Crippen molar-refractivity contribution in [3.63, 3.8) is 0 Å². The lowest BCUT2D eigenvalue weighted by Crippen LogP contribution is -2.31. The topological polar surface area (TPSA) is 89.7 Å². The van der Waals surface area contributed by atoms with Gasteiger partial charge in [0.1, 0.15) is 9.77 Å². The summed E-state index contributed by atoms with van der Waals surface area (Å²) >= 11 is 1.10. The smallest absolute Gasteiger partial charge is 0.349 e. The molecule has 1 aromatic rings. The van der Waals surface area contributed by atoms with E-state index >= 15 is 0 Å². The van der Waals surface area contributed by atoms with Gasteiger partial charge in [-0.05, 0) is 36.8 Å². The second kappa shape index (κ2) is 7.06. The van der Waals surface area contributed by atoms with Gasteiger partial charge in [0, 0.05) is 13.1 Å². The fourth-order valence-corrected chi connectivity index (χ4v) is 5.51. The summed E-state index contributed by atoms with van der Waals surface area (Å²) in [5.74, 6) is -0.429. The van der Waals surface area contributed by atoms with Gasteiger partial charge in [-0.2, -0.15) is 4.31 Å². The van der Waals surface area contributed by atoms with E-state index in [4.69, 9.17) is 5.73 Å². The molecule has 2 rings (SSSR count). The number of esters is 1. The summed E-state index contributed by atoms with van der Waals surface area (Å²) in [5, 5.41) is 1.66. The van der Waals surface area contributed by atoms with E-state index in [1.807, 2.05) is 0 Å². The van der Waals surface area contributed by atoms with E-state index < -0.39 is 16.0 Å². The van der Waals surface area contributed by atoms with Crippen molar-refractivity contribution in [1.82, 2.24) is 4.31 Å². The predicted octanol–water partition coefficient (Wildman–Crippen LogP) is 1.23. The molecule has 1 aliphatic rings. The molecule has 9 heteroatoms. The van der Waals surface area contributed by atoms with E-state index in [1.165, 1.54) is 11.4 Å². The Balaban J connectivity index is 0.00000220. The molecule has 2 heterocycles. The quantitative estimate of drug-likeness (QED) is 0.821. The zero-order valence-corrected chi connectivity index (χ0v) is 14.3. The number of halogens is 1. The monoisotopic (exact) mass is 354 g/mol. The molecule has 21 heavy (non-hydrogen) atoms. The number of rotatable bonds is 4. The van der Waals surface area contributed by atoms with Crippen LogP contribution in [0.3, 0.4) is 0 Å². The summed E-state index contributed by atoms with van der Waals surface area (Å²) in [6.07, 6.45) is 0.756. The predicted molar refractivity (Wildman–Crippen MR) is 83.6 cm³/mol.